The number of phenolic OH excluding ortho intramolecular Hbond substituents is 1. The predicted molar refractivity (Wildman–Crippen MR) is 91.4 cm³/mol. The van der Waals surface area contributed by atoms with Gasteiger partial charge >= 0.3 is 5.97 Å². The molecule has 0 bridgehead atoms. The minimum atomic E-state index is -1.05. The zero-order valence-electron chi connectivity index (χ0n) is 12.5. The van der Waals surface area contributed by atoms with E-state index < -0.39 is 11.9 Å². The van der Waals surface area contributed by atoms with Gasteiger partial charge in [0.2, 0.25) is 0 Å². The zero-order chi connectivity index (χ0) is 17.3. The van der Waals surface area contributed by atoms with Gasteiger partial charge in [0, 0.05) is 11.1 Å². The third kappa shape index (κ3) is 2.72. The van der Waals surface area contributed by atoms with Crippen molar-refractivity contribution in [2.24, 2.45) is 0 Å². The Labute approximate surface area is 137 Å². The predicted octanol–water partition coefficient (Wildman–Crippen LogP) is 3.08. The third-order valence-electron chi connectivity index (χ3n) is 3.70. The summed E-state index contributed by atoms with van der Waals surface area (Å²) >= 11 is 0. The summed E-state index contributed by atoms with van der Waals surface area (Å²) in [5.41, 5.74) is 6.63. The highest BCUT2D eigenvalue weighted by molar-refractivity contribution is 6.11. The second kappa shape index (κ2) is 5.92. The summed E-state index contributed by atoms with van der Waals surface area (Å²) in [6.07, 6.45) is 0. The van der Waals surface area contributed by atoms with Crippen LogP contribution in [0.5, 0.6) is 5.75 Å². The normalized spacial score (nSPS) is 10.5. The minimum Gasteiger partial charge on any atom is -0.505 e. The number of carboxylic acids is 1. The average Bonchev–Trinajstić information content (AvgIpc) is 2.58. The molecule has 0 aromatic heterocycles. The smallest absolute Gasteiger partial charge is 0.335 e. The van der Waals surface area contributed by atoms with Crippen molar-refractivity contribution in [3.63, 3.8) is 0 Å². The first-order valence-corrected chi connectivity index (χ1v) is 7.12. The lowest BCUT2D eigenvalue weighted by atomic mass is 10.0. The maximum Gasteiger partial charge on any atom is 0.335 e. The molecule has 0 aliphatic rings. The van der Waals surface area contributed by atoms with Gasteiger partial charge in [-0.15, -0.1) is 0 Å². The van der Waals surface area contributed by atoms with Crippen molar-refractivity contribution >= 4 is 34.0 Å². The number of carboxylic acid groups (broad SMARTS) is 1. The van der Waals surface area contributed by atoms with E-state index in [1.54, 1.807) is 24.3 Å². The van der Waals surface area contributed by atoms with Crippen LogP contribution in [-0.4, -0.2) is 22.1 Å². The van der Waals surface area contributed by atoms with Gasteiger partial charge in [-0.2, -0.15) is 0 Å². The highest BCUT2D eigenvalue weighted by atomic mass is 16.4. The van der Waals surface area contributed by atoms with Crippen LogP contribution in [0.15, 0.2) is 54.6 Å². The van der Waals surface area contributed by atoms with E-state index in [1.807, 2.05) is 6.07 Å². The number of nitrogens with one attached hydrogen (secondary N) is 1. The van der Waals surface area contributed by atoms with E-state index in [0.29, 0.717) is 11.1 Å². The summed E-state index contributed by atoms with van der Waals surface area (Å²) in [6, 6.07) is 14.4. The van der Waals surface area contributed by atoms with E-state index in [1.165, 1.54) is 24.3 Å². The van der Waals surface area contributed by atoms with E-state index in [2.05, 4.69) is 5.32 Å². The molecule has 0 saturated heterocycles. The molecule has 0 aliphatic carbocycles. The Morgan fingerprint density at radius 2 is 1.67 bits per heavy atom. The van der Waals surface area contributed by atoms with Crippen LogP contribution >= 0.6 is 0 Å². The number of aromatic hydroxyl groups is 1. The standard InChI is InChI=1S/C18H14N2O4/c19-15-13-4-2-1-3-11(13)9-14(16(15)21)17(22)20-12-7-5-10(6-8-12)18(23)24/h1-9,21H,19H2,(H,20,22)(H,23,24). The third-order valence-corrected chi connectivity index (χ3v) is 3.70. The fraction of sp³-hybridized carbons (Fsp3) is 0. The molecule has 3 rings (SSSR count). The van der Waals surface area contributed by atoms with Crippen LogP contribution in [0, 0.1) is 0 Å². The number of hydrogen-bond donors (Lipinski definition) is 4. The number of benzene rings is 3. The summed E-state index contributed by atoms with van der Waals surface area (Å²) in [5.74, 6) is -1.87. The molecule has 5 N–H and O–H groups in total. The van der Waals surface area contributed by atoms with Gasteiger partial charge in [0.1, 0.15) is 0 Å². The quantitative estimate of drug-likeness (QED) is 0.437. The Bertz CT molecular complexity index is 949. The lowest BCUT2D eigenvalue weighted by molar-refractivity contribution is 0.0696. The number of amides is 1. The minimum absolute atomic E-state index is 0.0495. The van der Waals surface area contributed by atoms with Crippen molar-refractivity contribution in [2.45, 2.75) is 0 Å². The maximum absolute atomic E-state index is 12.4. The first-order valence-electron chi connectivity index (χ1n) is 7.12. The summed E-state index contributed by atoms with van der Waals surface area (Å²) in [7, 11) is 0. The molecule has 24 heavy (non-hydrogen) atoms. The number of rotatable bonds is 3. The second-order valence-corrected chi connectivity index (χ2v) is 5.24. The largest absolute Gasteiger partial charge is 0.505 e. The Morgan fingerprint density at radius 1 is 1.00 bits per heavy atom. The van der Waals surface area contributed by atoms with E-state index >= 15 is 0 Å². The van der Waals surface area contributed by atoms with Gasteiger partial charge in [-0.25, -0.2) is 4.79 Å². The van der Waals surface area contributed by atoms with Crippen molar-refractivity contribution in [1.82, 2.24) is 0 Å². The van der Waals surface area contributed by atoms with Gasteiger partial charge in [-0.05, 0) is 35.7 Å². The SMILES string of the molecule is Nc1c(O)c(C(=O)Nc2ccc(C(=O)O)cc2)cc2ccccc12. The molecule has 6 heteroatoms. The molecule has 0 spiro atoms. The van der Waals surface area contributed by atoms with E-state index in [0.717, 1.165) is 5.39 Å². The molecule has 0 unspecified atom stereocenters. The molecule has 0 fully saturated rings. The van der Waals surface area contributed by atoms with Crippen molar-refractivity contribution in [1.29, 1.82) is 0 Å². The van der Waals surface area contributed by atoms with Crippen LogP contribution in [0.3, 0.4) is 0 Å². The fourth-order valence-electron chi connectivity index (χ4n) is 2.43. The maximum atomic E-state index is 12.4. The number of anilines is 2. The van der Waals surface area contributed by atoms with Crippen molar-refractivity contribution in [2.75, 3.05) is 11.1 Å². The topological polar surface area (TPSA) is 113 Å². The van der Waals surface area contributed by atoms with Crippen LogP contribution in [0.25, 0.3) is 10.8 Å². The van der Waals surface area contributed by atoms with Gasteiger partial charge in [-0.3, -0.25) is 4.79 Å². The number of phenols is 1. The summed E-state index contributed by atoms with van der Waals surface area (Å²) in [5, 5.41) is 23.1. The van der Waals surface area contributed by atoms with E-state index in [-0.39, 0.29) is 22.6 Å². The average molecular weight is 322 g/mol. The van der Waals surface area contributed by atoms with Crippen molar-refractivity contribution < 1.29 is 19.8 Å². The van der Waals surface area contributed by atoms with Gasteiger partial charge < -0.3 is 21.3 Å². The molecule has 0 heterocycles. The lowest BCUT2D eigenvalue weighted by Gasteiger charge is -2.11. The number of nitrogens with two attached hydrogens (primary N) is 1. The second-order valence-electron chi connectivity index (χ2n) is 5.24. The first-order chi connectivity index (χ1) is 11.5. The Hall–Kier alpha value is -3.54. The molecule has 0 aliphatic heterocycles. The number of hydrogen-bond acceptors (Lipinski definition) is 4. The molecule has 1 amide bonds. The van der Waals surface area contributed by atoms with Gasteiger partial charge in [0.05, 0.1) is 16.8 Å². The number of aromatic carboxylic acids is 1. The van der Waals surface area contributed by atoms with Gasteiger partial charge in [-0.1, -0.05) is 24.3 Å². The molecule has 3 aromatic rings. The highest BCUT2D eigenvalue weighted by Gasteiger charge is 2.16. The Morgan fingerprint density at radius 3 is 2.33 bits per heavy atom. The molecule has 0 radical (unpaired) electrons. The number of carbonyl (C=O) groups excluding carboxylic acids is 1. The van der Waals surface area contributed by atoms with Crippen LogP contribution < -0.4 is 11.1 Å². The molecule has 3 aromatic carbocycles. The fourth-order valence-corrected chi connectivity index (χ4v) is 2.43. The van der Waals surface area contributed by atoms with Gasteiger partial charge in [0.25, 0.3) is 5.91 Å². The highest BCUT2D eigenvalue weighted by Crippen LogP contribution is 2.33. The molecule has 0 saturated carbocycles. The van der Waals surface area contributed by atoms with Gasteiger partial charge in [0.15, 0.2) is 5.75 Å². The van der Waals surface area contributed by atoms with Crippen LogP contribution in [0.1, 0.15) is 20.7 Å². The molecular weight excluding hydrogens is 308 g/mol. The summed E-state index contributed by atoms with van der Waals surface area (Å²) in [6.45, 7) is 0. The molecular formula is C18H14N2O4. The van der Waals surface area contributed by atoms with Crippen LogP contribution in [0.2, 0.25) is 0 Å². The molecule has 0 atom stereocenters. The van der Waals surface area contributed by atoms with Crippen molar-refractivity contribution in [3.8, 4) is 5.75 Å². The first kappa shape index (κ1) is 15.4. The number of fused-ring (bicyclic) bond motifs is 1. The molecule has 120 valence electrons. The Kier molecular flexibility index (Phi) is 3.79. The summed E-state index contributed by atoms with van der Waals surface area (Å²) < 4.78 is 0. The van der Waals surface area contributed by atoms with E-state index in [4.69, 9.17) is 10.8 Å². The van der Waals surface area contributed by atoms with Crippen LogP contribution in [0.4, 0.5) is 11.4 Å². The Balaban J connectivity index is 1.94. The lowest BCUT2D eigenvalue weighted by Crippen LogP contribution is -2.13. The van der Waals surface area contributed by atoms with Crippen molar-refractivity contribution in [3.05, 3.63) is 65.7 Å². The van der Waals surface area contributed by atoms with Crippen LogP contribution in [-0.2, 0) is 0 Å². The summed E-state index contributed by atoms with van der Waals surface area (Å²) in [4.78, 5) is 23.2. The number of carbonyl (C=O) groups is 2. The number of nitrogen functional groups attached to an aromatic ring is 1. The monoisotopic (exact) mass is 322 g/mol. The van der Waals surface area contributed by atoms with E-state index in [9.17, 15) is 14.7 Å². The zero-order valence-corrected chi connectivity index (χ0v) is 12.5. The molecule has 6 nitrogen and oxygen atoms in total.